The molecule has 2 rings (SSSR count). The van der Waals surface area contributed by atoms with Gasteiger partial charge in [0, 0.05) is 15.8 Å². The smallest absolute Gasteiger partial charge is 0.340 e. The van der Waals surface area contributed by atoms with Gasteiger partial charge in [0.05, 0.1) is 12.7 Å². The van der Waals surface area contributed by atoms with Gasteiger partial charge in [0.15, 0.2) is 6.61 Å². The maximum absolute atomic E-state index is 11.9. The van der Waals surface area contributed by atoms with E-state index in [2.05, 4.69) is 21.2 Å². The molecular formula is C16H15BrN2O4. The summed E-state index contributed by atoms with van der Waals surface area (Å²) in [4.78, 5) is 23.7. The van der Waals surface area contributed by atoms with Gasteiger partial charge in [0.2, 0.25) is 0 Å². The van der Waals surface area contributed by atoms with Crippen molar-refractivity contribution in [2.45, 2.75) is 0 Å². The van der Waals surface area contributed by atoms with Crippen LogP contribution < -0.4 is 15.8 Å². The van der Waals surface area contributed by atoms with Gasteiger partial charge in [-0.1, -0.05) is 15.9 Å². The number of anilines is 2. The Hall–Kier alpha value is -2.54. The van der Waals surface area contributed by atoms with Gasteiger partial charge in [-0.25, -0.2) is 4.79 Å². The van der Waals surface area contributed by atoms with Gasteiger partial charge in [-0.3, -0.25) is 4.79 Å². The van der Waals surface area contributed by atoms with Crippen molar-refractivity contribution in [3.63, 3.8) is 0 Å². The first kappa shape index (κ1) is 16.8. The van der Waals surface area contributed by atoms with Crippen molar-refractivity contribution >= 4 is 39.2 Å². The first-order valence-electron chi connectivity index (χ1n) is 6.65. The van der Waals surface area contributed by atoms with Crippen LogP contribution in [0.15, 0.2) is 46.9 Å². The summed E-state index contributed by atoms with van der Waals surface area (Å²) >= 11 is 3.25. The Morgan fingerprint density at radius 3 is 2.52 bits per heavy atom. The van der Waals surface area contributed by atoms with Crippen LogP contribution in [-0.2, 0) is 9.53 Å². The number of carbonyl (C=O) groups is 2. The van der Waals surface area contributed by atoms with Crippen LogP contribution >= 0.6 is 15.9 Å². The lowest BCUT2D eigenvalue weighted by atomic mass is 10.2. The van der Waals surface area contributed by atoms with Crippen molar-refractivity contribution in [2.75, 3.05) is 24.8 Å². The highest BCUT2D eigenvalue weighted by Gasteiger charge is 2.14. The summed E-state index contributed by atoms with van der Waals surface area (Å²) < 4.78 is 10.7. The zero-order chi connectivity index (χ0) is 16.8. The molecule has 0 saturated heterocycles. The van der Waals surface area contributed by atoms with Crippen molar-refractivity contribution in [2.24, 2.45) is 0 Å². The number of rotatable bonds is 5. The molecule has 7 heteroatoms. The Morgan fingerprint density at radius 2 is 1.87 bits per heavy atom. The summed E-state index contributed by atoms with van der Waals surface area (Å²) in [6.45, 7) is -0.406. The Kier molecular flexibility index (Phi) is 5.59. The van der Waals surface area contributed by atoms with E-state index in [-0.39, 0.29) is 11.3 Å². The number of esters is 1. The highest BCUT2D eigenvalue weighted by molar-refractivity contribution is 9.10. The standard InChI is InChI=1S/C16H15BrN2O4/c1-22-12-5-3-11(4-6-12)19-15(20)9-23-16(21)13-8-10(17)2-7-14(13)18/h2-8H,9,18H2,1H3,(H,19,20). The number of nitrogen functional groups attached to an aromatic ring is 1. The summed E-state index contributed by atoms with van der Waals surface area (Å²) in [6.07, 6.45) is 0. The molecule has 0 unspecified atom stereocenters. The van der Waals surface area contributed by atoms with E-state index in [1.807, 2.05) is 0 Å². The van der Waals surface area contributed by atoms with Crippen molar-refractivity contribution in [1.29, 1.82) is 0 Å². The van der Waals surface area contributed by atoms with Gasteiger partial charge < -0.3 is 20.5 Å². The number of nitrogens with one attached hydrogen (secondary N) is 1. The molecule has 23 heavy (non-hydrogen) atoms. The van der Waals surface area contributed by atoms with Crippen molar-refractivity contribution in [1.82, 2.24) is 0 Å². The fourth-order valence-electron chi connectivity index (χ4n) is 1.79. The van der Waals surface area contributed by atoms with Crippen molar-refractivity contribution in [3.8, 4) is 5.75 Å². The molecule has 0 atom stereocenters. The van der Waals surface area contributed by atoms with E-state index >= 15 is 0 Å². The minimum atomic E-state index is -0.659. The number of amides is 1. The molecule has 120 valence electrons. The lowest BCUT2D eigenvalue weighted by molar-refractivity contribution is -0.119. The summed E-state index contributed by atoms with van der Waals surface area (Å²) in [5, 5.41) is 2.61. The Morgan fingerprint density at radius 1 is 1.17 bits per heavy atom. The van der Waals surface area contributed by atoms with Crippen LogP contribution in [0, 0.1) is 0 Å². The molecule has 0 bridgehead atoms. The average Bonchev–Trinajstić information content (AvgIpc) is 2.55. The molecule has 0 heterocycles. The van der Waals surface area contributed by atoms with Gasteiger partial charge in [-0.15, -0.1) is 0 Å². The molecule has 0 spiro atoms. The van der Waals surface area contributed by atoms with Gasteiger partial charge in [0.1, 0.15) is 5.75 Å². The lowest BCUT2D eigenvalue weighted by Crippen LogP contribution is -2.21. The summed E-state index contributed by atoms with van der Waals surface area (Å²) in [6, 6.07) is 11.6. The number of halogens is 1. The third-order valence-corrected chi connectivity index (χ3v) is 3.44. The maximum atomic E-state index is 11.9. The van der Waals surface area contributed by atoms with Crippen LogP contribution in [0.2, 0.25) is 0 Å². The first-order chi connectivity index (χ1) is 11.0. The highest BCUT2D eigenvalue weighted by Crippen LogP contribution is 2.19. The molecule has 0 aliphatic rings. The van der Waals surface area contributed by atoms with E-state index in [9.17, 15) is 9.59 Å². The van der Waals surface area contributed by atoms with E-state index in [0.29, 0.717) is 15.9 Å². The Balaban J connectivity index is 1.90. The number of benzene rings is 2. The monoisotopic (exact) mass is 378 g/mol. The van der Waals surface area contributed by atoms with Gasteiger partial charge in [-0.2, -0.15) is 0 Å². The summed E-state index contributed by atoms with van der Waals surface area (Å²) in [7, 11) is 1.56. The van der Waals surface area contributed by atoms with Crippen LogP contribution in [-0.4, -0.2) is 25.6 Å². The van der Waals surface area contributed by atoms with Crippen LogP contribution in [0.3, 0.4) is 0 Å². The highest BCUT2D eigenvalue weighted by atomic mass is 79.9. The molecule has 0 saturated carbocycles. The van der Waals surface area contributed by atoms with Crippen LogP contribution in [0.1, 0.15) is 10.4 Å². The predicted molar refractivity (Wildman–Crippen MR) is 90.5 cm³/mol. The fourth-order valence-corrected chi connectivity index (χ4v) is 2.15. The first-order valence-corrected chi connectivity index (χ1v) is 7.45. The SMILES string of the molecule is COc1ccc(NC(=O)COC(=O)c2cc(Br)ccc2N)cc1. The Labute approximate surface area is 141 Å². The van der Waals surface area contributed by atoms with Gasteiger partial charge >= 0.3 is 5.97 Å². The molecule has 0 fully saturated rings. The van der Waals surface area contributed by atoms with E-state index < -0.39 is 18.5 Å². The van der Waals surface area contributed by atoms with Gasteiger partial charge in [0.25, 0.3) is 5.91 Å². The number of carbonyl (C=O) groups excluding carboxylic acids is 2. The molecule has 0 aliphatic carbocycles. The molecule has 2 aromatic carbocycles. The van der Waals surface area contributed by atoms with Crippen LogP contribution in [0.25, 0.3) is 0 Å². The minimum absolute atomic E-state index is 0.205. The maximum Gasteiger partial charge on any atom is 0.340 e. The number of methoxy groups -OCH3 is 1. The molecule has 2 aromatic rings. The Bertz CT molecular complexity index is 717. The van der Waals surface area contributed by atoms with E-state index in [1.165, 1.54) is 0 Å². The topological polar surface area (TPSA) is 90.6 Å². The minimum Gasteiger partial charge on any atom is -0.497 e. The zero-order valence-electron chi connectivity index (χ0n) is 12.3. The second kappa shape index (κ2) is 7.64. The second-order valence-corrected chi connectivity index (χ2v) is 5.50. The largest absolute Gasteiger partial charge is 0.497 e. The molecule has 6 nitrogen and oxygen atoms in total. The van der Waals surface area contributed by atoms with Crippen LogP contribution in [0.5, 0.6) is 5.75 Å². The molecule has 0 aliphatic heterocycles. The average molecular weight is 379 g/mol. The van der Waals surface area contributed by atoms with Crippen molar-refractivity contribution < 1.29 is 19.1 Å². The fraction of sp³-hybridized carbons (Fsp3) is 0.125. The molecule has 3 N–H and O–H groups in total. The lowest BCUT2D eigenvalue weighted by Gasteiger charge is -2.08. The molecular weight excluding hydrogens is 364 g/mol. The zero-order valence-corrected chi connectivity index (χ0v) is 13.9. The quantitative estimate of drug-likeness (QED) is 0.616. The van der Waals surface area contributed by atoms with E-state index in [4.69, 9.17) is 15.2 Å². The van der Waals surface area contributed by atoms with Crippen molar-refractivity contribution in [3.05, 3.63) is 52.5 Å². The van der Waals surface area contributed by atoms with Crippen LogP contribution in [0.4, 0.5) is 11.4 Å². The number of hydrogen-bond acceptors (Lipinski definition) is 5. The predicted octanol–water partition coefficient (Wildman–Crippen LogP) is 2.84. The number of hydrogen-bond donors (Lipinski definition) is 2. The molecule has 1 amide bonds. The summed E-state index contributed by atoms with van der Waals surface area (Å²) in [5.41, 5.74) is 6.78. The molecule has 0 radical (unpaired) electrons. The van der Waals surface area contributed by atoms with E-state index in [0.717, 1.165) is 0 Å². The third kappa shape index (κ3) is 4.72. The third-order valence-electron chi connectivity index (χ3n) is 2.94. The molecule has 0 aromatic heterocycles. The number of ether oxygens (including phenoxy) is 2. The summed E-state index contributed by atoms with van der Waals surface area (Å²) in [5.74, 6) is -0.426. The van der Waals surface area contributed by atoms with Gasteiger partial charge in [-0.05, 0) is 42.5 Å². The number of nitrogens with two attached hydrogens (primary N) is 1. The normalized spacial score (nSPS) is 10.0. The second-order valence-electron chi connectivity index (χ2n) is 4.58. The van der Waals surface area contributed by atoms with E-state index in [1.54, 1.807) is 49.6 Å².